The van der Waals surface area contributed by atoms with Gasteiger partial charge in [0.1, 0.15) is 5.82 Å². The number of nitrogens with zero attached hydrogens (tertiary/aromatic N) is 4. The molecule has 0 fully saturated rings. The molecule has 2 aromatic rings. The first-order valence-electron chi connectivity index (χ1n) is 6.19. The topological polar surface area (TPSA) is 60.0 Å². The highest BCUT2D eigenvalue weighted by molar-refractivity contribution is 5.15. The minimum Gasteiger partial charge on any atom is -0.325 e. The summed E-state index contributed by atoms with van der Waals surface area (Å²) in [4.78, 5) is 2.15. The number of hydrogen-bond donors (Lipinski definition) is 1. The molecule has 0 atom stereocenters. The van der Waals surface area contributed by atoms with Gasteiger partial charge in [0.25, 0.3) is 0 Å². The van der Waals surface area contributed by atoms with Crippen LogP contribution < -0.4 is 5.73 Å². The van der Waals surface area contributed by atoms with Crippen molar-refractivity contribution in [1.82, 2.24) is 19.9 Å². The summed E-state index contributed by atoms with van der Waals surface area (Å²) in [6.07, 6.45) is 1.85. The summed E-state index contributed by atoms with van der Waals surface area (Å²) in [5.41, 5.74) is 7.36. The molecule has 0 amide bonds. The maximum absolute atomic E-state index is 12.8. The lowest BCUT2D eigenvalue weighted by molar-refractivity contribution is 0.303. The van der Waals surface area contributed by atoms with Crippen LogP contribution >= 0.6 is 0 Å². The van der Waals surface area contributed by atoms with E-state index in [-0.39, 0.29) is 5.82 Å². The molecule has 1 heterocycles. The van der Waals surface area contributed by atoms with Crippen LogP contribution in [0.3, 0.4) is 0 Å². The zero-order chi connectivity index (χ0) is 13.7. The van der Waals surface area contributed by atoms with Crippen LogP contribution in [0.1, 0.15) is 11.3 Å². The summed E-state index contributed by atoms with van der Waals surface area (Å²) in [5.74, 6) is -0.205. The molecule has 19 heavy (non-hydrogen) atoms. The highest BCUT2D eigenvalue weighted by Crippen LogP contribution is 2.05. The van der Waals surface area contributed by atoms with Crippen molar-refractivity contribution in [3.8, 4) is 0 Å². The van der Waals surface area contributed by atoms with Crippen molar-refractivity contribution in [3.63, 3.8) is 0 Å². The molecular weight excluding hydrogens is 245 g/mol. The second-order valence-corrected chi connectivity index (χ2v) is 4.54. The van der Waals surface area contributed by atoms with E-state index in [2.05, 4.69) is 15.2 Å². The van der Waals surface area contributed by atoms with Gasteiger partial charge in [0.05, 0.1) is 12.2 Å². The van der Waals surface area contributed by atoms with Gasteiger partial charge in [-0.2, -0.15) is 0 Å². The minimum absolute atomic E-state index is 0.205. The van der Waals surface area contributed by atoms with E-state index in [4.69, 9.17) is 5.73 Å². The van der Waals surface area contributed by atoms with Crippen molar-refractivity contribution in [2.24, 2.45) is 5.73 Å². The fourth-order valence-corrected chi connectivity index (χ4v) is 1.80. The maximum Gasteiger partial charge on any atom is 0.123 e. The quantitative estimate of drug-likeness (QED) is 0.845. The summed E-state index contributed by atoms with van der Waals surface area (Å²) in [5, 5.41) is 7.92. The molecule has 0 aliphatic rings. The van der Waals surface area contributed by atoms with E-state index in [1.807, 2.05) is 13.2 Å². The molecule has 6 heteroatoms. The first kappa shape index (κ1) is 13.6. The van der Waals surface area contributed by atoms with Crippen LogP contribution in [0.2, 0.25) is 0 Å². The van der Waals surface area contributed by atoms with Crippen LogP contribution in [0, 0.1) is 5.82 Å². The van der Waals surface area contributed by atoms with E-state index >= 15 is 0 Å². The predicted molar refractivity (Wildman–Crippen MR) is 70.6 cm³/mol. The Bertz CT molecular complexity index is 508. The Morgan fingerprint density at radius 3 is 2.68 bits per heavy atom. The van der Waals surface area contributed by atoms with Gasteiger partial charge in [-0.05, 0) is 24.7 Å². The lowest BCUT2D eigenvalue weighted by Gasteiger charge is -2.16. The molecule has 0 aliphatic heterocycles. The smallest absolute Gasteiger partial charge is 0.123 e. The van der Waals surface area contributed by atoms with E-state index in [9.17, 15) is 4.39 Å². The summed E-state index contributed by atoms with van der Waals surface area (Å²) < 4.78 is 14.6. The molecule has 2 rings (SSSR count). The molecule has 1 aromatic carbocycles. The monoisotopic (exact) mass is 263 g/mol. The standard InChI is InChI=1S/C13H18FN5/c1-18(9-11-2-4-12(14)5-3-11)6-7-19-10-13(8-15)16-17-19/h2-5,10H,6-9,15H2,1H3. The molecule has 1 aromatic heterocycles. The third-order valence-corrected chi connectivity index (χ3v) is 2.87. The second-order valence-electron chi connectivity index (χ2n) is 4.54. The normalized spacial score (nSPS) is 11.2. The van der Waals surface area contributed by atoms with E-state index in [1.54, 1.807) is 16.8 Å². The van der Waals surface area contributed by atoms with Gasteiger partial charge in [-0.3, -0.25) is 4.68 Å². The lowest BCUT2D eigenvalue weighted by atomic mass is 10.2. The van der Waals surface area contributed by atoms with Crippen molar-refractivity contribution < 1.29 is 4.39 Å². The molecule has 0 saturated heterocycles. The van der Waals surface area contributed by atoms with Crippen molar-refractivity contribution in [2.45, 2.75) is 19.6 Å². The average Bonchev–Trinajstić information content (AvgIpc) is 2.87. The molecule has 0 saturated carbocycles. The number of nitrogens with two attached hydrogens (primary N) is 1. The van der Waals surface area contributed by atoms with Gasteiger partial charge < -0.3 is 10.6 Å². The van der Waals surface area contributed by atoms with Crippen molar-refractivity contribution in [3.05, 3.63) is 47.5 Å². The van der Waals surface area contributed by atoms with Crippen LogP contribution in [0.5, 0.6) is 0 Å². The fraction of sp³-hybridized carbons (Fsp3) is 0.385. The number of benzene rings is 1. The molecule has 5 nitrogen and oxygen atoms in total. The van der Waals surface area contributed by atoms with Crippen molar-refractivity contribution >= 4 is 0 Å². The fourth-order valence-electron chi connectivity index (χ4n) is 1.80. The molecular formula is C13H18FN5. The van der Waals surface area contributed by atoms with E-state index in [1.165, 1.54) is 12.1 Å². The van der Waals surface area contributed by atoms with Gasteiger partial charge in [-0.25, -0.2) is 4.39 Å². The van der Waals surface area contributed by atoms with Crippen LogP contribution in [0.15, 0.2) is 30.5 Å². The van der Waals surface area contributed by atoms with Crippen molar-refractivity contribution in [1.29, 1.82) is 0 Å². The highest BCUT2D eigenvalue weighted by Gasteiger charge is 2.03. The number of rotatable bonds is 6. The zero-order valence-electron chi connectivity index (χ0n) is 11.0. The van der Waals surface area contributed by atoms with Gasteiger partial charge in [0.2, 0.25) is 0 Å². The van der Waals surface area contributed by atoms with Gasteiger partial charge in [-0.15, -0.1) is 5.10 Å². The molecule has 0 bridgehead atoms. The van der Waals surface area contributed by atoms with Crippen LogP contribution in [-0.2, 0) is 19.6 Å². The first-order chi connectivity index (χ1) is 9.17. The molecule has 0 spiro atoms. The Morgan fingerprint density at radius 1 is 1.32 bits per heavy atom. The second kappa shape index (κ2) is 6.40. The Hall–Kier alpha value is -1.79. The molecule has 0 aliphatic carbocycles. The van der Waals surface area contributed by atoms with Crippen LogP contribution in [0.4, 0.5) is 4.39 Å². The molecule has 0 radical (unpaired) electrons. The Morgan fingerprint density at radius 2 is 2.05 bits per heavy atom. The van der Waals surface area contributed by atoms with Crippen LogP contribution in [0.25, 0.3) is 0 Å². The SMILES string of the molecule is CN(CCn1cc(CN)nn1)Cc1ccc(F)cc1. The minimum atomic E-state index is -0.205. The number of halogens is 1. The third-order valence-electron chi connectivity index (χ3n) is 2.87. The number of aromatic nitrogens is 3. The molecule has 0 unspecified atom stereocenters. The predicted octanol–water partition coefficient (Wildman–Crippen LogP) is 1.01. The molecule has 102 valence electrons. The average molecular weight is 263 g/mol. The maximum atomic E-state index is 12.8. The Labute approximate surface area is 111 Å². The van der Waals surface area contributed by atoms with Gasteiger partial charge in [-0.1, -0.05) is 17.3 Å². The first-order valence-corrected chi connectivity index (χ1v) is 6.19. The molecule has 2 N–H and O–H groups in total. The lowest BCUT2D eigenvalue weighted by Crippen LogP contribution is -2.23. The summed E-state index contributed by atoms with van der Waals surface area (Å²) in [6, 6.07) is 6.56. The van der Waals surface area contributed by atoms with Crippen molar-refractivity contribution in [2.75, 3.05) is 13.6 Å². The highest BCUT2D eigenvalue weighted by atomic mass is 19.1. The summed E-state index contributed by atoms with van der Waals surface area (Å²) in [6.45, 7) is 2.78. The summed E-state index contributed by atoms with van der Waals surface area (Å²) in [7, 11) is 2.02. The Balaban J connectivity index is 1.81. The number of hydrogen-bond acceptors (Lipinski definition) is 4. The summed E-state index contributed by atoms with van der Waals surface area (Å²) >= 11 is 0. The third kappa shape index (κ3) is 4.11. The van der Waals surface area contributed by atoms with Crippen LogP contribution in [-0.4, -0.2) is 33.5 Å². The van der Waals surface area contributed by atoms with Gasteiger partial charge in [0, 0.05) is 25.8 Å². The van der Waals surface area contributed by atoms with Gasteiger partial charge >= 0.3 is 0 Å². The zero-order valence-corrected chi connectivity index (χ0v) is 11.0. The Kier molecular flexibility index (Phi) is 4.59. The van der Waals surface area contributed by atoms with E-state index < -0.39 is 0 Å². The number of likely N-dealkylation sites (N-methyl/N-ethyl adjacent to an activating group) is 1. The van der Waals surface area contributed by atoms with E-state index in [0.717, 1.165) is 30.9 Å². The van der Waals surface area contributed by atoms with Gasteiger partial charge in [0.15, 0.2) is 0 Å². The van der Waals surface area contributed by atoms with E-state index in [0.29, 0.717) is 6.54 Å². The largest absolute Gasteiger partial charge is 0.325 e.